The van der Waals surface area contributed by atoms with Gasteiger partial charge in [-0.3, -0.25) is 9.89 Å². The summed E-state index contributed by atoms with van der Waals surface area (Å²) in [6.45, 7) is 2.94. The normalized spacial score (nSPS) is 14.0. The fourth-order valence-electron chi connectivity index (χ4n) is 2.75. The van der Waals surface area contributed by atoms with Gasteiger partial charge in [-0.1, -0.05) is 0 Å². The van der Waals surface area contributed by atoms with Crippen molar-refractivity contribution in [3.05, 3.63) is 48.3 Å². The third-order valence-corrected chi connectivity index (χ3v) is 4.28. The molecule has 1 aliphatic heterocycles. The maximum Gasteiger partial charge on any atom is 0.490 e. The van der Waals surface area contributed by atoms with Gasteiger partial charge in [-0.25, -0.2) is 9.78 Å². The quantitative estimate of drug-likeness (QED) is 0.576. The first-order valence-corrected chi connectivity index (χ1v) is 9.07. The van der Waals surface area contributed by atoms with Gasteiger partial charge in [-0.05, 0) is 30.3 Å². The van der Waals surface area contributed by atoms with Crippen LogP contribution in [0.2, 0.25) is 0 Å². The van der Waals surface area contributed by atoms with Crippen molar-refractivity contribution in [2.75, 3.05) is 36.5 Å². The number of benzene rings is 1. The molecule has 31 heavy (non-hydrogen) atoms. The Morgan fingerprint density at radius 1 is 1.16 bits per heavy atom. The van der Waals surface area contributed by atoms with Crippen LogP contribution in [0.25, 0.3) is 10.9 Å². The number of H-pyrrole nitrogens is 1. The van der Waals surface area contributed by atoms with E-state index in [9.17, 15) is 18.0 Å². The molecule has 164 valence electrons. The Kier molecular flexibility index (Phi) is 6.70. The molecule has 1 aliphatic rings. The van der Waals surface area contributed by atoms with Gasteiger partial charge in [0.15, 0.2) is 0 Å². The van der Waals surface area contributed by atoms with Crippen LogP contribution in [0.4, 0.5) is 24.7 Å². The lowest BCUT2D eigenvalue weighted by Gasteiger charge is -2.27. The zero-order valence-corrected chi connectivity index (χ0v) is 16.0. The number of halogens is 3. The molecule has 0 spiro atoms. The van der Waals surface area contributed by atoms with E-state index in [0.29, 0.717) is 18.8 Å². The van der Waals surface area contributed by atoms with Crippen LogP contribution in [0.5, 0.6) is 0 Å². The van der Waals surface area contributed by atoms with Crippen molar-refractivity contribution in [2.24, 2.45) is 0 Å². The number of morpholine rings is 1. The molecule has 0 atom stereocenters. The van der Waals surface area contributed by atoms with Gasteiger partial charge >= 0.3 is 12.1 Å². The van der Waals surface area contributed by atoms with Crippen LogP contribution in [0.3, 0.4) is 0 Å². The van der Waals surface area contributed by atoms with E-state index in [0.717, 1.165) is 35.5 Å². The van der Waals surface area contributed by atoms with E-state index in [4.69, 9.17) is 14.6 Å². The summed E-state index contributed by atoms with van der Waals surface area (Å²) in [7, 11) is 0. The number of anilines is 2. The van der Waals surface area contributed by atoms with Crippen LogP contribution in [-0.2, 0) is 9.53 Å². The first-order valence-electron chi connectivity index (χ1n) is 9.07. The molecular formula is C19H18F3N5O4. The van der Waals surface area contributed by atoms with Crippen LogP contribution in [0.1, 0.15) is 10.4 Å². The highest BCUT2D eigenvalue weighted by atomic mass is 19.4. The monoisotopic (exact) mass is 437 g/mol. The number of aromatic amines is 1. The number of fused-ring (bicyclic) bond motifs is 1. The topological polar surface area (TPSA) is 120 Å². The largest absolute Gasteiger partial charge is 0.490 e. The Labute approximate surface area is 173 Å². The number of nitrogens with zero attached hydrogens (tertiary/aromatic N) is 3. The number of alkyl halides is 3. The lowest BCUT2D eigenvalue weighted by Crippen LogP contribution is -2.36. The standard InChI is InChI=1S/C17H17N5O2.C2HF3O2/c23-17(20-14-1-2-15-13(9-14)11-19-21-15)12-3-4-18-16(10-12)22-5-7-24-8-6-22;3-2(4,5)1(6)7/h1-4,9-11H,5-8H2,(H,19,21)(H,20,23);(H,6,7). The second-order valence-corrected chi connectivity index (χ2v) is 6.43. The van der Waals surface area contributed by atoms with E-state index < -0.39 is 12.1 Å². The average molecular weight is 437 g/mol. The molecule has 9 nitrogen and oxygen atoms in total. The zero-order valence-electron chi connectivity index (χ0n) is 16.0. The summed E-state index contributed by atoms with van der Waals surface area (Å²) in [4.78, 5) is 27.9. The molecule has 0 bridgehead atoms. The number of carboxylic acid groups (broad SMARTS) is 1. The van der Waals surface area contributed by atoms with Crippen molar-refractivity contribution in [3.8, 4) is 0 Å². The first kappa shape index (κ1) is 22.0. The highest BCUT2D eigenvalue weighted by Crippen LogP contribution is 2.19. The van der Waals surface area contributed by atoms with Crippen LogP contribution < -0.4 is 10.2 Å². The number of aliphatic carboxylic acids is 1. The molecular weight excluding hydrogens is 419 g/mol. The number of aromatic nitrogens is 3. The summed E-state index contributed by atoms with van der Waals surface area (Å²) in [6.07, 6.45) is -1.69. The second kappa shape index (κ2) is 9.43. The number of carbonyl (C=O) groups excluding carboxylic acids is 1. The number of carboxylic acids is 1. The molecule has 12 heteroatoms. The molecule has 1 fully saturated rings. The summed E-state index contributed by atoms with van der Waals surface area (Å²) in [6, 6.07) is 9.17. The number of pyridine rings is 1. The van der Waals surface area contributed by atoms with Gasteiger partial charge in [0.1, 0.15) is 5.82 Å². The van der Waals surface area contributed by atoms with Crippen molar-refractivity contribution in [1.82, 2.24) is 15.2 Å². The van der Waals surface area contributed by atoms with Gasteiger partial charge < -0.3 is 20.1 Å². The van der Waals surface area contributed by atoms with Crippen LogP contribution >= 0.6 is 0 Å². The Bertz CT molecular complexity index is 1060. The highest BCUT2D eigenvalue weighted by molar-refractivity contribution is 6.05. The van der Waals surface area contributed by atoms with Crippen molar-refractivity contribution in [2.45, 2.75) is 6.18 Å². The van der Waals surface area contributed by atoms with Crippen LogP contribution in [0.15, 0.2) is 42.7 Å². The molecule has 0 radical (unpaired) electrons. The molecule has 4 rings (SSSR count). The average Bonchev–Trinajstić information content (AvgIpc) is 3.22. The number of hydrogen-bond acceptors (Lipinski definition) is 6. The van der Waals surface area contributed by atoms with E-state index in [-0.39, 0.29) is 5.91 Å². The van der Waals surface area contributed by atoms with E-state index in [1.54, 1.807) is 18.5 Å². The molecule has 1 amide bonds. The predicted octanol–water partition coefficient (Wildman–Crippen LogP) is 2.68. The van der Waals surface area contributed by atoms with Crippen molar-refractivity contribution in [1.29, 1.82) is 0 Å². The fraction of sp³-hybridized carbons (Fsp3) is 0.263. The van der Waals surface area contributed by atoms with Gasteiger partial charge in [0.05, 0.1) is 24.9 Å². The van der Waals surface area contributed by atoms with Crippen LogP contribution in [-0.4, -0.2) is 64.6 Å². The number of ether oxygens (including phenoxy) is 1. The second-order valence-electron chi connectivity index (χ2n) is 6.43. The van der Waals surface area contributed by atoms with Gasteiger partial charge in [0.2, 0.25) is 0 Å². The summed E-state index contributed by atoms with van der Waals surface area (Å²) >= 11 is 0. The summed E-state index contributed by atoms with van der Waals surface area (Å²) in [5.74, 6) is -2.11. The Hall–Kier alpha value is -3.67. The molecule has 1 aromatic carbocycles. The van der Waals surface area contributed by atoms with Crippen LogP contribution in [0, 0.1) is 0 Å². The van der Waals surface area contributed by atoms with Gasteiger partial charge in [0, 0.05) is 35.9 Å². The van der Waals surface area contributed by atoms with Crippen molar-refractivity contribution in [3.63, 3.8) is 0 Å². The van der Waals surface area contributed by atoms with Gasteiger partial charge in [-0.15, -0.1) is 0 Å². The molecule has 3 aromatic rings. The number of rotatable bonds is 3. The molecule has 3 heterocycles. The van der Waals surface area contributed by atoms with Gasteiger partial charge in [-0.2, -0.15) is 18.3 Å². The van der Waals surface area contributed by atoms with Crippen molar-refractivity contribution >= 4 is 34.3 Å². The summed E-state index contributed by atoms with van der Waals surface area (Å²) in [5.41, 5.74) is 2.25. The number of amides is 1. The maximum atomic E-state index is 12.5. The minimum absolute atomic E-state index is 0.158. The number of hydrogen-bond donors (Lipinski definition) is 3. The molecule has 2 aromatic heterocycles. The van der Waals surface area contributed by atoms with Crippen molar-refractivity contribution < 1.29 is 32.6 Å². The third-order valence-electron chi connectivity index (χ3n) is 4.28. The third kappa shape index (κ3) is 5.92. The summed E-state index contributed by atoms with van der Waals surface area (Å²) in [5, 5.41) is 17.9. The molecule has 0 unspecified atom stereocenters. The Balaban J connectivity index is 0.000000339. The fourth-order valence-corrected chi connectivity index (χ4v) is 2.75. The first-order chi connectivity index (χ1) is 14.7. The van der Waals surface area contributed by atoms with E-state index in [1.807, 2.05) is 24.3 Å². The maximum absolute atomic E-state index is 12.5. The Morgan fingerprint density at radius 2 is 1.87 bits per heavy atom. The Morgan fingerprint density at radius 3 is 2.55 bits per heavy atom. The summed E-state index contributed by atoms with van der Waals surface area (Å²) < 4.78 is 37.1. The molecule has 3 N–H and O–H groups in total. The number of nitrogens with one attached hydrogen (secondary N) is 2. The lowest BCUT2D eigenvalue weighted by molar-refractivity contribution is -0.192. The highest BCUT2D eigenvalue weighted by Gasteiger charge is 2.38. The smallest absolute Gasteiger partial charge is 0.475 e. The molecule has 0 aliphatic carbocycles. The van der Waals surface area contributed by atoms with E-state index in [2.05, 4.69) is 25.4 Å². The van der Waals surface area contributed by atoms with Gasteiger partial charge in [0.25, 0.3) is 5.91 Å². The molecule has 1 saturated heterocycles. The minimum Gasteiger partial charge on any atom is -0.475 e. The lowest BCUT2D eigenvalue weighted by atomic mass is 10.2. The predicted molar refractivity (Wildman–Crippen MR) is 105 cm³/mol. The zero-order chi connectivity index (χ0) is 22.4. The van der Waals surface area contributed by atoms with E-state index in [1.165, 1.54) is 0 Å². The SMILES string of the molecule is O=C(Nc1ccc2[nH]ncc2c1)c1ccnc(N2CCOCC2)c1.O=C(O)C(F)(F)F. The minimum atomic E-state index is -5.08. The molecule has 0 saturated carbocycles. The number of carbonyl (C=O) groups is 2. The van der Waals surface area contributed by atoms with E-state index >= 15 is 0 Å².